The lowest BCUT2D eigenvalue weighted by molar-refractivity contribution is -0.137. The smallest absolute Gasteiger partial charge is 0.338 e. The molecule has 0 N–H and O–H groups in total. The normalized spacial score (nSPS) is 18.0. The van der Waals surface area contributed by atoms with Gasteiger partial charge in [-0.3, -0.25) is 0 Å². The molecule has 0 atom stereocenters. The summed E-state index contributed by atoms with van der Waals surface area (Å²) in [7, 11) is 0. The van der Waals surface area contributed by atoms with Gasteiger partial charge in [-0.2, -0.15) is 0 Å². The van der Waals surface area contributed by atoms with E-state index >= 15 is 0 Å². The van der Waals surface area contributed by atoms with E-state index in [-0.39, 0.29) is 18.0 Å². The maximum Gasteiger partial charge on any atom is 0.338 e. The van der Waals surface area contributed by atoms with Gasteiger partial charge in [-0.25, -0.2) is 9.59 Å². The maximum atomic E-state index is 12.5. The lowest BCUT2D eigenvalue weighted by atomic mass is 9.84. The zero-order chi connectivity index (χ0) is 23.0. The number of unbranched alkanes of at least 4 members (excludes halogenated alkanes) is 5. The number of rotatable bonds is 15. The summed E-state index contributed by atoms with van der Waals surface area (Å²) < 4.78 is 16.4. The molecule has 32 heavy (non-hydrogen) atoms. The summed E-state index contributed by atoms with van der Waals surface area (Å²) >= 11 is 0. The first-order valence-corrected chi connectivity index (χ1v) is 12.4. The molecule has 178 valence electrons. The zero-order valence-corrected chi connectivity index (χ0v) is 19.7. The molecule has 0 radical (unpaired) electrons. The van der Waals surface area contributed by atoms with Gasteiger partial charge in [0.25, 0.3) is 0 Å². The van der Waals surface area contributed by atoms with Crippen LogP contribution in [0.2, 0.25) is 0 Å². The second-order valence-electron chi connectivity index (χ2n) is 8.70. The summed E-state index contributed by atoms with van der Waals surface area (Å²) in [5.41, 5.74) is 0.580. The molecule has 1 fully saturated rings. The van der Waals surface area contributed by atoms with E-state index in [0.717, 1.165) is 50.2 Å². The molecule has 0 unspecified atom stereocenters. The first-order chi connectivity index (χ1) is 15.6. The summed E-state index contributed by atoms with van der Waals surface area (Å²) in [6.07, 6.45) is 14.6. The van der Waals surface area contributed by atoms with E-state index < -0.39 is 0 Å². The van der Waals surface area contributed by atoms with Crippen molar-refractivity contribution in [2.75, 3.05) is 13.2 Å². The summed E-state index contributed by atoms with van der Waals surface area (Å²) in [5.74, 6) is 0.964. The number of carbonyl (C=O) groups is 2. The molecule has 0 aromatic heterocycles. The van der Waals surface area contributed by atoms with E-state index in [4.69, 9.17) is 14.2 Å². The molecule has 0 saturated heterocycles. The highest BCUT2D eigenvalue weighted by molar-refractivity contribution is 5.89. The molecule has 0 aliphatic heterocycles. The van der Waals surface area contributed by atoms with Crippen LogP contribution in [0.3, 0.4) is 0 Å². The average molecular weight is 445 g/mol. The number of carbonyl (C=O) groups excluding carboxylic acids is 2. The van der Waals surface area contributed by atoms with Crippen LogP contribution in [0.1, 0.15) is 94.3 Å². The number of benzene rings is 1. The molecule has 5 heteroatoms. The van der Waals surface area contributed by atoms with E-state index in [1.165, 1.54) is 44.6 Å². The van der Waals surface area contributed by atoms with Crippen LogP contribution in [0.15, 0.2) is 36.9 Å². The van der Waals surface area contributed by atoms with E-state index in [1.54, 1.807) is 12.1 Å². The highest BCUT2D eigenvalue weighted by atomic mass is 16.5. The van der Waals surface area contributed by atoms with Crippen molar-refractivity contribution >= 4 is 11.9 Å². The molecule has 1 aliphatic rings. The Morgan fingerprint density at radius 2 is 1.62 bits per heavy atom. The Labute approximate surface area is 193 Å². The van der Waals surface area contributed by atoms with Crippen molar-refractivity contribution in [2.45, 2.75) is 90.1 Å². The van der Waals surface area contributed by atoms with Gasteiger partial charge in [-0.05, 0) is 81.5 Å². The van der Waals surface area contributed by atoms with Crippen molar-refractivity contribution in [1.29, 1.82) is 0 Å². The van der Waals surface area contributed by atoms with Crippen molar-refractivity contribution in [3.63, 3.8) is 0 Å². The number of hydrogen-bond acceptors (Lipinski definition) is 5. The van der Waals surface area contributed by atoms with Crippen LogP contribution in [0.4, 0.5) is 0 Å². The summed E-state index contributed by atoms with van der Waals surface area (Å²) in [6, 6.07) is 7.22. The standard InChI is InChI=1S/C27H40O5/c1-3-5-8-11-22-12-16-25(17-13-22)32-27(29)23-14-18-24(19-15-23)30-20-9-6-7-10-21-31-26(28)4-2/h4,14-15,18-19,22,25H,2-3,5-13,16-17,20-21H2,1H3. The van der Waals surface area contributed by atoms with Gasteiger partial charge in [0, 0.05) is 6.08 Å². The van der Waals surface area contributed by atoms with Crippen LogP contribution < -0.4 is 4.74 Å². The largest absolute Gasteiger partial charge is 0.494 e. The molecule has 1 aliphatic carbocycles. The molecule has 1 saturated carbocycles. The topological polar surface area (TPSA) is 61.8 Å². The van der Waals surface area contributed by atoms with Crippen molar-refractivity contribution in [3.05, 3.63) is 42.5 Å². The van der Waals surface area contributed by atoms with Crippen LogP contribution in [-0.4, -0.2) is 31.3 Å². The lowest BCUT2D eigenvalue weighted by Crippen LogP contribution is -2.24. The third-order valence-corrected chi connectivity index (χ3v) is 6.09. The molecule has 5 nitrogen and oxygen atoms in total. The van der Waals surface area contributed by atoms with E-state index in [0.29, 0.717) is 18.8 Å². The molecular weight excluding hydrogens is 404 g/mol. The van der Waals surface area contributed by atoms with Gasteiger partial charge >= 0.3 is 11.9 Å². The first kappa shape index (κ1) is 26.0. The number of ether oxygens (including phenoxy) is 3. The summed E-state index contributed by atoms with van der Waals surface area (Å²) in [6.45, 7) is 6.66. The van der Waals surface area contributed by atoms with Crippen LogP contribution in [0.5, 0.6) is 5.75 Å². The zero-order valence-electron chi connectivity index (χ0n) is 19.7. The molecule has 1 aromatic carbocycles. The maximum absolute atomic E-state index is 12.5. The van der Waals surface area contributed by atoms with Crippen LogP contribution in [-0.2, 0) is 14.3 Å². The van der Waals surface area contributed by atoms with Crippen LogP contribution in [0.25, 0.3) is 0 Å². The highest BCUT2D eigenvalue weighted by Gasteiger charge is 2.24. The van der Waals surface area contributed by atoms with Crippen molar-refractivity contribution < 1.29 is 23.8 Å². The molecule has 0 heterocycles. The molecule has 1 aromatic rings. The second-order valence-corrected chi connectivity index (χ2v) is 8.70. The van der Waals surface area contributed by atoms with Gasteiger partial charge in [0.1, 0.15) is 11.9 Å². The fourth-order valence-electron chi connectivity index (χ4n) is 4.11. The Bertz CT molecular complexity index is 674. The summed E-state index contributed by atoms with van der Waals surface area (Å²) in [4.78, 5) is 23.4. The third-order valence-electron chi connectivity index (χ3n) is 6.09. The van der Waals surface area contributed by atoms with Crippen LogP contribution in [0, 0.1) is 5.92 Å². The van der Waals surface area contributed by atoms with Gasteiger partial charge in [0.05, 0.1) is 18.8 Å². The minimum atomic E-state index is -0.370. The Morgan fingerprint density at radius 3 is 2.28 bits per heavy atom. The summed E-state index contributed by atoms with van der Waals surface area (Å²) in [5, 5.41) is 0. The molecule has 2 rings (SSSR count). The minimum Gasteiger partial charge on any atom is -0.494 e. The van der Waals surface area contributed by atoms with Crippen molar-refractivity contribution in [3.8, 4) is 5.75 Å². The molecular formula is C27H40O5. The van der Waals surface area contributed by atoms with Crippen molar-refractivity contribution in [1.82, 2.24) is 0 Å². The molecule has 0 bridgehead atoms. The quantitative estimate of drug-likeness (QED) is 0.172. The molecule has 0 spiro atoms. The second kappa shape index (κ2) is 15.5. The van der Waals surface area contributed by atoms with Crippen molar-refractivity contribution in [2.24, 2.45) is 5.92 Å². The number of esters is 2. The minimum absolute atomic E-state index is 0.0566. The Kier molecular flexibility index (Phi) is 12.6. The average Bonchev–Trinajstić information content (AvgIpc) is 2.82. The van der Waals surface area contributed by atoms with Gasteiger partial charge in [0.15, 0.2) is 0 Å². The van der Waals surface area contributed by atoms with Gasteiger partial charge in [-0.1, -0.05) is 39.2 Å². The van der Waals surface area contributed by atoms with E-state index in [1.807, 2.05) is 12.1 Å². The molecule has 0 amide bonds. The number of hydrogen-bond donors (Lipinski definition) is 0. The van der Waals surface area contributed by atoms with E-state index in [9.17, 15) is 9.59 Å². The fourth-order valence-corrected chi connectivity index (χ4v) is 4.11. The first-order valence-electron chi connectivity index (χ1n) is 12.4. The van der Waals surface area contributed by atoms with Gasteiger partial charge in [-0.15, -0.1) is 0 Å². The lowest BCUT2D eigenvalue weighted by Gasteiger charge is -2.28. The Morgan fingerprint density at radius 1 is 0.938 bits per heavy atom. The van der Waals surface area contributed by atoms with Gasteiger partial charge < -0.3 is 14.2 Å². The fraction of sp³-hybridized carbons (Fsp3) is 0.630. The van der Waals surface area contributed by atoms with Crippen LogP contribution >= 0.6 is 0 Å². The van der Waals surface area contributed by atoms with Gasteiger partial charge in [0.2, 0.25) is 0 Å². The Hall–Kier alpha value is -2.30. The Balaban J connectivity index is 1.57. The SMILES string of the molecule is C=CC(=O)OCCCCCCOc1ccc(C(=O)OC2CCC(CCCCC)CC2)cc1. The monoisotopic (exact) mass is 444 g/mol. The van der Waals surface area contributed by atoms with E-state index in [2.05, 4.69) is 13.5 Å². The third kappa shape index (κ3) is 10.3. The predicted octanol–water partition coefficient (Wildman–Crippen LogP) is 6.65. The predicted molar refractivity (Wildman–Crippen MR) is 127 cm³/mol. The highest BCUT2D eigenvalue weighted by Crippen LogP contribution is 2.30.